The number of aromatic nitrogens is 3. The van der Waals surface area contributed by atoms with Gasteiger partial charge in [-0.05, 0) is 43.5 Å². The van der Waals surface area contributed by atoms with Crippen molar-refractivity contribution in [2.24, 2.45) is 5.92 Å². The molecule has 0 radical (unpaired) electrons. The van der Waals surface area contributed by atoms with Crippen molar-refractivity contribution in [3.05, 3.63) is 65.6 Å². The van der Waals surface area contributed by atoms with Crippen molar-refractivity contribution in [1.29, 1.82) is 0 Å². The minimum Gasteiger partial charge on any atom is -0.346 e. The normalized spacial score (nSPS) is 17.9. The molecule has 30 heavy (non-hydrogen) atoms. The molecule has 2 N–H and O–H groups in total. The van der Waals surface area contributed by atoms with Gasteiger partial charge in [0, 0.05) is 12.7 Å². The van der Waals surface area contributed by atoms with Gasteiger partial charge in [-0.2, -0.15) is 13.2 Å². The minimum absolute atomic E-state index is 0.123. The third kappa shape index (κ3) is 4.46. The number of nitrogens with zero attached hydrogens (tertiary/aromatic N) is 3. The molecule has 1 fully saturated rings. The van der Waals surface area contributed by atoms with Gasteiger partial charge in [0.1, 0.15) is 0 Å². The number of alkyl halides is 3. The molecular weight excluding hydrogens is 395 g/mol. The zero-order chi connectivity index (χ0) is 21.1. The second-order valence-corrected chi connectivity index (χ2v) is 7.48. The van der Waals surface area contributed by atoms with E-state index in [1.54, 1.807) is 0 Å². The molecular formula is C21H22F3N5O. The zero-order valence-electron chi connectivity index (χ0n) is 16.2. The lowest BCUT2D eigenvalue weighted by Gasteiger charge is -2.20. The maximum absolute atomic E-state index is 13.2. The summed E-state index contributed by atoms with van der Waals surface area (Å²) in [7, 11) is 0. The highest BCUT2D eigenvalue weighted by atomic mass is 19.4. The number of carbonyl (C=O) groups is 1. The van der Waals surface area contributed by atoms with Crippen LogP contribution in [0.2, 0.25) is 0 Å². The maximum Gasteiger partial charge on any atom is 0.417 e. The first-order valence-electron chi connectivity index (χ1n) is 9.89. The molecule has 6 nitrogen and oxygen atoms in total. The first-order chi connectivity index (χ1) is 14.4. The van der Waals surface area contributed by atoms with Crippen LogP contribution >= 0.6 is 0 Å². The van der Waals surface area contributed by atoms with E-state index in [2.05, 4.69) is 20.8 Å². The van der Waals surface area contributed by atoms with E-state index in [-0.39, 0.29) is 11.8 Å². The molecule has 0 aliphatic carbocycles. The SMILES string of the molecule is O=C(N[C@H](CCc1ccccc1)c1nnc2ccc(C(F)(F)F)cn12)C1CCNC1. The Morgan fingerprint density at radius 1 is 1.20 bits per heavy atom. The van der Waals surface area contributed by atoms with Crippen molar-refractivity contribution in [2.75, 3.05) is 13.1 Å². The Labute approximate surface area is 171 Å². The van der Waals surface area contributed by atoms with E-state index in [1.807, 2.05) is 30.3 Å². The summed E-state index contributed by atoms with van der Waals surface area (Å²) in [6, 6.07) is 11.4. The van der Waals surface area contributed by atoms with Crippen LogP contribution in [0.25, 0.3) is 5.65 Å². The third-order valence-corrected chi connectivity index (χ3v) is 5.38. The average Bonchev–Trinajstić information content (AvgIpc) is 3.41. The molecule has 0 saturated carbocycles. The third-order valence-electron chi connectivity index (χ3n) is 5.38. The number of aryl methyl sites for hydroxylation is 1. The fourth-order valence-electron chi connectivity index (χ4n) is 3.70. The molecule has 1 aromatic carbocycles. The summed E-state index contributed by atoms with van der Waals surface area (Å²) in [5, 5.41) is 14.3. The number of halogens is 3. The molecule has 1 amide bonds. The molecule has 0 spiro atoms. The Bertz CT molecular complexity index is 1010. The van der Waals surface area contributed by atoms with E-state index in [0.717, 1.165) is 30.8 Å². The Hall–Kier alpha value is -2.94. The number of amides is 1. The molecule has 9 heteroatoms. The van der Waals surface area contributed by atoms with Crippen LogP contribution in [0.15, 0.2) is 48.7 Å². The van der Waals surface area contributed by atoms with Crippen LogP contribution in [0.1, 0.15) is 35.8 Å². The average molecular weight is 417 g/mol. The van der Waals surface area contributed by atoms with Crippen LogP contribution < -0.4 is 10.6 Å². The van der Waals surface area contributed by atoms with Gasteiger partial charge in [-0.3, -0.25) is 9.20 Å². The second kappa shape index (κ2) is 8.43. The van der Waals surface area contributed by atoms with Crippen LogP contribution in [-0.4, -0.2) is 33.6 Å². The number of nitrogens with one attached hydrogen (secondary N) is 2. The van der Waals surface area contributed by atoms with E-state index in [9.17, 15) is 18.0 Å². The van der Waals surface area contributed by atoms with E-state index >= 15 is 0 Å². The molecule has 3 heterocycles. The lowest BCUT2D eigenvalue weighted by Crippen LogP contribution is -2.36. The maximum atomic E-state index is 13.2. The van der Waals surface area contributed by atoms with Crippen molar-refractivity contribution >= 4 is 11.6 Å². The van der Waals surface area contributed by atoms with Gasteiger partial charge in [0.2, 0.25) is 5.91 Å². The molecule has 1 saturated heterocycles. The van der Waals surface area contributed by atoms with Crippen LogP contribution in [0, 0.1) is 5.92 Å². The van der Waals surface area contributed by atoms with E-state index < -0.39 is 17.8 Å². The van der Waals surface area contributed by atoms with Crippen molar-refractivity contribution in [3.63, 3.8) is 0 Å². The van der Waals surface area contributed by atoms with Gasteiger partial charge in [0.15, 0.2) is 11.5 Å². The molecule has 2 aromatic heterocycles. The predicted octanol–water partition coefficient (Wildman–Crippen LogP) is 3.15. The number of benzene rings is 1. The molecule has 0 bridgehead atoms. The van der Waals surface area contributed by atoms with Gasteiger partial charge in [-0.1, -0.05) is 30.3 Å². The van der Waals surface area contributed by atoms with Gasteiger partial charge < -0.3 is 10.6 Å². The van der Waals surface area contributed by atoms with E-state index in [0.29, 0.717) is 30.9 Å². The molecule has 158 valence electrons. The molecule has 3 aromatic rings. The quantitative estimate of drug-likeness (QED) is 0.647. The van der Waals surface area contributed by atoms with Crippen molar-refractivity contribution < 1.29 is 18.0 Å². The number of hydrogen-bond donors (Lipinski definition) is 2. The van der Waals surface area contributed by atoms with Crippen molar-refractivity contribution in [3.8, 4) is 0 Å². The van der Waals surface area contributed by atoms with Gasteiger partial charge in [-0.25, -0.2) is 0 Å². The number of carbonyl (C=O) groups excluding carboxylic acids is 1. The van der Waals surface area contributed by atoms with Gasteiger partial charge in [0.25, 0.3) is 0 Å². The summed E-state index contributed by atoms with van der Waals surface area (Å²) in [5.41, 5.74) is 0.591. The van der Waals surface area contributed by atoms with E-state index in [1.165, 1.54) is 10.5 Å². The van der Waals surface area contributed by atoms with Gasteiger partial charge in [0.05, 0.1) is 17.5 Å². The molecule has 2 atom stereocenters. The highest BCUT2D eigenvalue weighted by Crippen LogP contribution is 2.30. The summed E-state index contributed by atoms with van der Waals surface area (Å²) in [6.45, 7) is 1.37. The van der Waals surface area contributed by atoms with Crippen molar-refractivity contribution in [2.45, 2.75) is 31.5 Å². The smallest absolute Gasteiger partial charge is 0.346 e. The minimum atomic E-state index is -4.48. The Morgan fingerprint density at radius 2 is 2.00 bits per heavy atom. The van der Waals surface area contributed by atoms with E-state index in [4.69, 9.17) is 0 Å². The number of hydrogen-bond acceptors (Lipinski definition) is 4. The Morgan fingerprint density at radius 3 is 2.70 bits per heavy atom. The number of fused-ring (bicyclic) bond motifs is 1. The van der Waals surface area contributed by atoms with Crippen LogP contribution in [0.4, 0.5) is 13.2 Å². The second-order valence-electron chi connectivity index (χ2n) is 7.48. The van der Waals surface area contributed by atoms with Crippen LogP contribution in [0.5, 0.6) is 0 Å². The molecule has 4 rings (SSSR count). The topological polar surface area (TPSA) is 71.3 Å². The fourth-order valence-corrected chi connectivity index (χ4v) is 3.70. The molecule has 1 aliphatic heterocycles. The largest absolute Gasteiger partial charge is 0.417 e. The lowest BCUT2D eigenvalue weighted by molar-refractivity contribution is -0.138. The molecule has 1 unspecified atom stereocenters. The summed E-state index contributed by atoms with van der Waals surface area (Å²) >= 11 is 0. The summed E-state index contributed by atoms with van der Waals surface area (Å²) < 4.78 is 40.9. The summed E-state index contributed by atoms with van der Waals surface area (Å²) in [4.78, 5) is 12.7. The Balaban J connectivity index is 1.64. The van der Waals surface area contributed by atoms with Crippen molar-refractivity contribution in [1.82, 2.24) is 25.2 Å². The van der Waals surface area contributed by atoms with Crippen LogP contribution in [0.3, 0.4) is 0 Å². The predicted molar refractivity (Wildman–Crippen MR) is 105 cm³/mol. The Kier molecular flexibility index (Phi) is 5.72. The summed E-state index contributed by atoms with van der Waals surface area (Å²) in [6.07, 6.45) is -1.62. The van der Waals surface area contributed by atoms with Crippen LogP contribution in [-0.2, 0) is 17.4 Å². The highest BCUT2D eigenvalue weighted by Gasteiger charge is 2.32. The lowest BCUT2D eigenvalue weighted by atomic mass is 10.0. The highest BCUT2D eigenvalue weighted by molar-refractivity contribution is 5.79. The fraction of sp³-hybridized carbons (Fsp3) is 0.381. The molecule has 1 aliphatic rings. The standard InChI is InChI=1S/C21H22F3N5O/c22-21(23,24)16-7-9-18-27-28-19(29(18)13-16)17(8-6-14-4-2-1-3-5-14)26-20(30)15-10-11-25-12-15/h1-5,7,9,13,15,17,25H,6,8,10-12H2,(H,26,30)/t15?,17-/m1/s1. The van der Waals surface area contributed by atoms with Gasteiger partial charge in [-0.15, -0.1) is 10.2 Å². The zero-order valence-corrected chi connectivity index (χ0v) is 16.2. The van der Waals surface area contributed by atoms with Gasteiger partial charge >= 0.3 is 6.18 Å². The summed E-state index contributed by atoms with van der Waals surface area (Å²) in [5.74, 6) is 0.0160. The monoisotopic (exact) mass is 417 g/mol. The first kappa shape index (κ1) is 20.3. The first-order valence-corrected chi connectivity index (χ1v) is 9.89. The number of pyridine rings is 1. The number of rotatable bonds is 6.